The molecule has 0 unspecified atom stereocenters. The Balaban J connectivity index is 1.75. The second-order valence-corrected chi connectivity index (χ2v) is 7.31. The van der Waals surface area contributed by atoms with Crippen LogP contribution in [0.4, 0.5) is 0 Å². The molecule has 0 bridgehead atoms. The van der Waals surface area contributed by atoms with Crippen LogP contribution in [-0.4, -0.2) is 62.9 Å². The fourth-order valence-electron chi connectivity index (χ4n) is 2.95. The average Bonchev–Trinajstić information content (AvgIpc) is 2.78. The van der Waals surface area contributed by atoms with Gasteiger partial charge >= 0.3 is 0 Å². The van der Waals surface area contributed by atoms with E-state index in [0.717, 1.165) is 30.9 Å². The number of rotatable bonds is 10. The van der Waals surface area contributed by atoms with Crippen LogP contribution in [0.15, 0.2) is 59.6 Å². The molecule has 7 heteroatoms. The van der Waals surface area contributed by atoms with Crippen molar-refractivity contribution in [1.82, 2.24) is 20.9 Å². The number of amides is 2. The highest BCUT2D eigenvalue weighted by Crippen LogP contribution is 2.07. The molecule has 0 saturated heterocycles. The average molecular weight is 424 g/mol. The number of hydrogen-bond acceptors (Lipinski definition) is 3. The molecule has 2 aromatic carbocycles. The summed E-state index contributed by atoms with van der Waals surface area (Å²) in [6, 6.07) is 16.9. The summed E-state index contributed by atoms with van der Waals surface area (Å²) in [6.45, 7) is 4.67. The number of guanidine groups is 1. The number of hydrogen-bond donors (Lipinski definition) is 3. The van der Waals surface area contributed by atoms with E-state index < -0.39 is 0 Å². The van der Waals surface area contributed by atoms with Crippen molar-refractivity contribution < 1.29 is 9.59 Å². The van der Waals surface area contributed by atoms with Gasteiger partial charge in [-0.05, 0) is 49.6 Å². The SMILES string of the molecule is CCNC(=NCCCNC(=O)c1ccccc1)NCCc1cccc(C(=O)N(C)C)c1. The van der Waals surface area contributed by atoms with Gasteiger partial charge in [0.15, 0.2) is 5.96 Å². The zero-order valence-corrected chi connectivity index (χ0v) is 18.6. The Kier molecular flexibility index (Phi) is 10.1. The number of nitrogens with zero attached hydrogens (tertiary/aromatic N) is 2. The second kappa shape index (κ2) is 13.1. The largest absolute Gasteiger partial charge is 0.357 e. The molecular weight excluding hydrogens is 390 g/mol. The van der Waals surface area contributed by atoms with Crippen molar-refractivity contribution in [1.29, 1.82) is 0 Å². The number of carbonyl (C=O) groups excluding carboxylic acids is 2. The van der Waals surface area contributed by atoms with Crippen molar-refractivity contribution >= 4 is 17.8 Å². The van der Waals surface area contributed by atoms with Crippen LogP contribution in [0.25, 0.3) is 0 Å². The summed E-state index contributed by atoms with van der Waals surface area (Å²) < 4.78 is 0. The van der Waals surface area contributed by atoms with E-state index in [1.54, 1.807) is 31.1 Å². The molecule has 7 nitrogen and oxygen atoms in total. The number of aliphatic imine (C=N–C) groups is 1. The van der Waals surface area contributed by atoms with Gasteiger partial charge in [-0.1, -0.05) is 30.3 Å². The van der Waals surface area contributed by atoms with Gasteiger partial charge in [0.05, 0.1) is 0 Å². The minimum absolute atomic E-state index is 0.00376. The molecule has 0 radical (unpaired) electrons. The minimum atomic E-state index is -0.0652. The van der Waals surface area contributed by atoms with Crippen LogP contribution in [-0.2, 0) is 6.42 Å². The van der Waals surface area contributed by atoms with E-state index in [9.17, 15) is 9.59 Å². The summed E-state index contributed by atoms with van der Waals surface area (Å²) in [6.07, 6.45) is 1.54. The Bertz CT molecular complexity index is 865. The lowest BCUT2D eigenvalue weighted by Crippen LogP contribution is -2.38. The summed E-state index contributed by atoms with van der Waals surface area (Å²) in [5.41, 5.74) is 2.46. The maximum Gasteiger partial charge on any atom is 0.253 e. The molecule has 0 atom stereocenters. The predicted octanol–water partition coefficient (Wildman–Crippen LogP) is 2.31. The zero-order chi connectivity index (χ0) is 22.5. The van der Waals surface area contributed by atoms with Gasteiger partial charge in [0.1, 0.15) is 0 Å². The van der Waals surface area contributed by atoms with Crippen LogP contribution in [0, 0.1) is 0 Å². The molecule has 2 rings (SSSR count). The van der Waals surface area contributed by atoms with E-state index in [0.29, 0.717) is 30.8 Å². The van der Waals surface area contributed by atoms with Crippen molar-refractivity contribution in [3.8, 4) is 0 Å². The van der Waals surface area contributed by atoms with Gasteiger partial charge in [-0.25, -0.2) is 0 Å². The monoisotopic (exact) mass is 423 g/mol. The molecule has 0 fully saturated rings. The van der Waals surface area contributed by atoms with Gasteiger partial charge in [-0.3, -0.25) is 14.6 Å². The highest BCUT2D eigenvalue weighted by Gasteiger charge is 2.08. The topological polar surface area (TPSA) is 85.8 Å². The first-order chi connectivity index (χ1) is 15.0. The van der Waals surface area contributed by atoms with E-state index in [1.165, 1.54) is 0 Å². The quantitative estimate of drug-likeness (QED) is 0.311. The van der Waals surface area contributed by atoms with E-state index in [4.69, 9.17) is 0 Å². The van der Waals surface area contributed by atoms with Crippen LogP contribution in [0.2, 0.25) is 0 Å². The van der Waals surface area contributed by atoms with Gasteiger partial charge in [0, 0.05) is 51.4 Å². The molecule has 0 aromatic heterocycles. The van der Waals surface area contributed by atoms with E-state index in [1.807, 2.05) is 49.4 Å². The maximum absolute atomic E-state index is 12.1. The molecule has 3 N–H and O–H groups in total. The third-order valence-corrected chi connectivity index (χ3v) is 4.56. The number of nitrogens with one attached hydrogen (secondary N) is 3. The molecule has 2 amide bonds. The molecule has 31 heavy (non-hydrogen) atoms. The van der Waals surface area contributed by atoms with Crippen LogP contribution in [0.3, 0.4) is 0 Å². The van der Waals surface area contributed by atoms with Gasteiger partial charge in [0.25, 0.3) is 11.8 Å². The summed E-state index contributed by atoms with van der Waals surface area (Å²) in [7, 11) is 3.51. The van der Waals surface area contributed by atoms with Crippen LogP contribution in [0.5, 0.6) is 0 Å². The summed E-state index contributed by atoms with van der Waals surface area (Å²) in [5.74, 6) is 0.686. The Morgan fingerprint density at radius 2 is 1.65 bits per heavy atom. The molecule has 0 spiro atoms. The Morgan fingerprint density at radius 1 is 0.903 bits per heavy atom. The first kappa shape index (κ1) is 23.9. The normalized spacial score (nSPS) is 11.0. The summed E-state index contributed by atoms with van der Waals surface area (Å²) in [4.78, 5) is 30.3. The standard InChI is InChI=1S/C24H33N5O2/c1-4-25-24(27-16-9-15-26-22(30)20-11-6-5-7-12-20)28-17-14-19-10-8-13-21(18-19)23(31)29(2)3/h5-8,10-13,18H,4,9,14-17H2,1-3H3,(H,26,30)(H2,25,27,28). The maximum atomic E-state index is 12.1. The minimum Gasteiger partial charge on any atom is -0.357 e. The van der Waals surface area contributed by atoms with E-state index in [2.05, 4.69) is 20.9 Å². The molecular formula is C24H33N5O2. The molecule has 0 heterocycles. The molecule has 166 valence electrons. The van der Waals surface area contributed by atoms with Crippen molar-refractivity contribution in [2.75, 3.05) is 40.3 Å². The summed E-state index contributed by atoms with van der Waals surface area (Å²) >= 11 is 0. The van der Waals surface area contributed by atoms with Crippen molar-refractivity contribution in [2.24, 2.45) is 4.99 Å². The third-order valence-electron chi connectivity index (χ3n) is 4.56. The lowest BCUT2D eigenvalue weighted by Gasteiger charge is -2.13. The van der Waals surface area contributed by atoms with Crippen LogP contribution < -0.4 is 16.0 Å². The zero-order valence-electron chi connectivity index (χ0n) is 18.6. The number of carbonyl (C=O) groups is 2. The smallest absolute Gasteiger partial charge is 0.253 e. The Labute approximate surface area is 184 Å². The Hall–Kier alpha value is -3.35. The van der Waals surface area contributed by atoms with Crippen LogP contribution >= 0.6 is 0 Å². The van der Waals surface area contributed by atoms with Crippen molar-refractivity contribution in [3.63, 3.8) is 0 Å². The first-order valence-electron chi connectivity index (χ1n) is 10.7. The highest BCUT2D eigenvalue weighted by atomic mass is 16.2. The second-order valence-electron chi connectivity index (χ2n) is 7.31. The molecule has 2 aromatic rings. The fraction of sp³-hybridized carbons (Fsp3) is 0.375. The lowest BCUT2D eigenvalue weighted by atomic mass is 10.1. The van der Waals surface area contributed by atoms with Crippen molar-refractivity contribution in [3.05, 3.63) is 71.3 Å². The highest BCUT2D eigenvalue weighted by molar-refractivity contribution is 5.94. The molecule has 0 aliphatic rings. The Morgan fingerprint density at radius 3 is 2.35 bits per heavy atom. The lowest BCUT2D eigenvalue weighted by molar-refractivity contribution is 0.0827. The van der Waals surface area contributed by atoms with Gasteiger partial charge in [-0.2, -0.15) is 0 Å². The van der Waals surface area contributed by atoms with E-state index >= 15 is 0 Å². The van der Waals surface area contributed by atoms with Gasteiger partial charge < -0.3 is 20.9 Å². The van der Waals surface area contributed by atoms with Crippen molar-refractivity contribution in [2.45, 2.75) is 19.8 Å². The van der Waals surface area contributed by atoms with Gasteiger partial charge in [0.2, 0.25) is 0 Å². The fourth-order valence-corrected chi connectivity index (χ4v) is 2.95. The van der Waals surface area contributed by atoms with Crippen LogP contribution in [0.1, 0.15) is 39.6 Å². The summed E-state index contributed by atoms with van der Waals surface area (Å²) in [5, 5.41) is 9.46. The predicted molar refractivity (Wildman–Crippen MR) is 126 cm³/mol. The molecule has 0 aliphatic heterocycles. The van der Waals surface area contributed by atoms with Gasteiger partial charge in [-0.15, -0.1) is 0 Å². The number of benzene rings is 2. The molecule has 0 saturated carbocycles. The van der Waals surface area contributed by atoms with E-state index in [-0.39, 0.29) is 11.8 Å². The third kappa shape index (κ3) is 8.50. The molecule has 0 aliphatic carbocycles. The first-order valence-corrected chi connectivity index (χ1v) is 10.7.